The zero-order chi connectivity index (χ0) is 16.4. The van der Waals surface area contributed by atoms with E-state index in [1.165, 1.54) is 16.1 Å². The van der Waals surface area contributed by atoms with Crippen molar-refractivity contribution >= 4 is 49.8 Å². The maximum atomic E-state index is 12.9. The Balaban J connectivity index is 2.08. The molecule has 0 aromatic heterocycles. The molecule has 118 valence electrons. The lowest BCUT2D eigenvalue weighted by atomic mass is 10.3. The maximum absolute atomic E-state index is 12.9. The van der Waals surface area contributed by atoms with Crippen molar-refractivity contribution in [2.75, 3.05) is 0 Å². The van der Waals surface area contributed by atoms with Crippen LogP contribution in [0.25, 0.3) is 0 Å². The van der Waals surface area contributed by atoms with Gasteiger partial charge in [0.1, 0.15) is 4.99 Å². The van der Waals surface area contributed by atoms with E-state index in [1.807, 2.05) is 37.3 Å². The normalized spacial score (nSPS) is 20.2. The number of rotatable bonds is 3. The summed E-state index contributed by atoms with van der Waals surface area (Å²) in [6, 6.07) is 17.5. The topological polar surface area (TPSA) is 49.7 Å². The van der Waals surface area contributed by atoms with Gasteiger partial charge >= 0.3 is 0 Å². The SMILES string of the molecule is C[C@@H]1SC(=Nc2ccccc2)N(S(=O)(=O)c2ccccc2)C1=S. The van der Waals surface area contributed by atoms with E-state index in [0.29, 0.717) is 15.8 Å². The summed E-state index contributed by atoms with van der Waals surface area (Å²) in [7, 11) is -3.75. The van der Waals surface area contributed by atoms with Gasteiger partial charge in [0.25, 0.3) is 10.0 Å². The quantitative estimate of drug-likeness (QED) is 0.779. The van der Waals surface area contributed by atoms with Crippen LogP contribution in [0, 0.1) is 0 Å². The molecule has 0 saturated carbocycles. The molecule has 2 aromatic rings. The molecule has 0 spiro atoms. The second-order valence-electron chi connectivity index (χ2n) is 4.91. The number of thioether (sulfide) groups is 1. The van der Waals surface area contributed by atoms with Crippen molar-refractivity contribution in [1.82, 2.24) is 4.31 Å². The summed E-state index contributed by atoms with van der Waals surface area (Å²) >= 11 is 6.70. The van der Waals surface area contributed by atoms with Crippen LogP contribution in [0.3, 0.4) is 0 Å². The van der Waals surface area contributed by atoms with Gasteiger partial charge in [0.2, 0.25) is 0 Å². The Hall–Kier alpha value is -1.70. The van der Waals surface area contributed by atoms with Gasteiger partial charge < -0.3 is 0 Å². The van der Waals surface area contributed by atoms with Crippen LogP contribution in [-0.4, -0.2) is 28.1 Å². The highest BCUT2D eigenvalue weighted by Crippen LogP contribution is 2.34. The highest BCUT2D eigenvalue weighted by atomic mass is 32.2. The molecule has 1 heterocycles. The number of thiocarbonyl (C=S) groups is 1. The number of aliphatic imine (C=N–C) groups is 1. The zero-order valence-corrected chi connectivity index (χ0v) is 14.7. The van der Waals surface area contributed by atoms with Crippen molar-refractivity contribution in [3.8, 4) is 0 Å². The molecule has 0 N–H and O–H groups in total. The third-order valence-electron chi connectivity index (χ3n) is 3.27. The van der Waals surface area contributed by atoms with Crippen LogP contribution in [-0.2, 0) is 10.0 Å². The molecule has 0 radical (unpaired) electrons. The molecule has 4 nitrogen and oxygen atoms in total. The summed E-state index contributed by atoms with van der Waals surface area (Å²) in [5.41, 5.74) is 0.695. The number of hydrogen-bond acceptors (Lipinski definition) is 5. The molecule has 2 aromatic carbocycles. The van der Waals surface area contributed by atoms with Crippen LogP contribution >= 0.6 is 24.0 Å². The molecule has 0 aliphatic carbocycles. The lowest BCUT2D eigenvalue weighted by Crippen LogP contribution is -2.36. The molecule has 0 bridgehead atoms. The molecule has 1 fully saturated rings. The summed E-state index contributed by atoms with van der Waals surface area (Å²) in [5.74, 6) is 0. The second kappa shape index (κ2) is 6.43. The fourth-order valence-electron chi connectivity index (χ4n) is 2.12. The first-order valence-electron chi connectivity index (χ1n) is 6.95. The first-order chi connectivity index (χ1) is 11.0. The van der Waals surface area contributed by atoms with E-state index >= 15 is 0 Å². The first-order valence-corrected chi connectivity index (χ1v) is 9.67. The van der Waals surface area contributed by atoms with Gasteiger partial charge in [-0.15, -0.1) is 0 Å². The van der Waals surface area contributed by atoms with Crippen molar-refractivity contribution in [2.45, 2.75) is 17.1 Å². The molecule has 3 rings (SSSR count). The Labute approximate surface area is 145 Å². The smallest absolute Gasteiger partial charge is 0.224 e. The Kier molecular flexibility index (Phi) is 4.52. The number of sulfonamides is 1. The van der Waals surface area contributed by atoms with Crippen LogP contribution in [0.5, 0.6) is 0 Å². The van der Waals surface area contributed by atoms with Crippen LogP contribution in [0.15, 0.2) is 70.6 Å². The minimum Gasteiger partial charge on any atom is -0.224 e. The average molecular weight is 363 g/mol. The fourth-order valence-corrected chi connectivity index (χ4v) is 5.42. The molecule has 7 heteroatoms. The predicted octanol–water partition coefficient (Wildman–Crippen LogP) is 3.83. The van der Waals surface area contributed by atoms with Gasteiger partial charge in [0, 0.05) is 0 Å². The summed E-state index contributed by atoms with van der Waals surface area (Å²) in [6.45, 7) is 1.88. The number of nitrogens with zero attached hydrogens (tertiary/aromatic N) is 2. The fraction of sp³-hybridized carbons (Fsp3) is 0.125. The van der Waals surface area contributed by atoms with Gasteiger partial charge in [0.05, 0.1) is 15.8 Å². The molecular formula is C16H14N2O2S3. The third-order valence-corrected chi connectivity index (χ3v) is 6.96. The lowest BCUT2D eigenvalue weighted by Gasteiger charge is -2.18. The number of benzene rings is 2. The number of amidine groups is 1. The van der Waals surface area contributed by atoms with Gasteiger partial charge in [-0.2, -0.15) is 0 Å². The lowest BCUT2D eigenvalue weighted by molar-refractivity contribution is 0.572. The molecule has 1 aliphatic heterocycles. The molecule has 1 saturated heterocycles. The second-order valence-corrected chi connectivity index (χ2v) is 8.42. The zero-order valence-electron chi connectivity index (χ0n) is 12.3. The van der Waals surface area contributed by atoms with E-state index in [0.717, 1.165) is 0 Å². The van der Waals surface area contributed by atoms with Gasteiger partial charge in [-0.25, -0.2) is 17.7 Å². The Morgan fingerprint density at radius 2 is 1.61 bits per heavy atom. The van der Waals surface area contributed by atoms with E-state index in [2.05, 4.69) is 4.99 Å². The summed E-state index contributed by atoms with van der Waals surface area (Å²) in [4.78, 5) is 5.03. The molecule has 0 amide bonds. The first kappa shape index (κ1) is 16.2. The van der Waals surface area contributed by atoms with Crippen LogP contribution in [0.2, 0.25) is 0 Å². The van der Waals surface area contributed by atoms with E-state index in [9.17, 15) is 8.42 Å². The standard InChI is InChI=1S/C16H14N2O2S3/c1-12-15(21)18(23(19,20)14-10-6-3-7-11-14)16(22-12)17-13-8-4-2-5-9-13/h2-12H,1H3/t12-/m0/s1. The minimum absolute atomic E-state index is 0.119. The number of para-hydroxylation sites is 1. The maximum Gasteiger partial charge on any atom is 0.270 e. The molecular weight excluding hydrogens is 348 g/mol. The van der Waals surface area contributed by atoms with Crippen molar-refractivity contribution in [2.24, 2.45) is 4.99 Å². The molecule has 0 unspecified atom stereocenters. The molecule has 1 aliphatic rings. The van der Waals surface area contributed by atoms with Crippen LogP contribution in [0.4, 0.5) is 5.69 Å². The average Bonchev–Trinajstić information content (AvgIpc) is 2.84. The Morgan fingerprint density at radius 3 is 2.22 bits per heavy atom. The summed E-state index contributed by atoms with van der Waals surface area (Å²) < 4.78 is 27.1. The van der Waals surface area contributed by atoms with E-state index in [4.69, 9.17) is 12.2 Å². The molecule has 1 atom stereocenters. The van der Waals surface area contributed by atoms with Crippen molar-refractivity contribution in [3.63, 3.8) is 0 Å². The number of hydrogen-bond donors (Lipinski definition) is 0. The minimum atomic E-state index is -3.75. The van der Waals surface area contributed by atoms with Crippen molar-refractivity contribution in [1.29, 1.82) is 0 Å². The Bertz CT molecular complexity index is 849. The molecule has 23 heavy (non-hydrogen) atoms. The van der Waals surface area contributed by atoms with E-state index < -0.39 is 10.0 Å². The third kappa shape index (κ3) is 3.17. The van der Waals surface area contributed by atoms with Crippen molar-refractivity contribution < 1.29 is 8.42 Å². The van der Waals surface area contributed by atoms with Gasteiger partial charge in [-0.05, 0) is 31.2 Å². The predicted molar refractivity (Wildman–Crippen MR) is 98.7 cm³/mol. The monoisotopic (exact) mass is 362 g/mol. The van der Waals surface area contributed by atoms with Crippen LogP contribution < -0.4 is 0 Å². The van der Waals surface area contributed by atoms with E-state index in [1.54, 1.807) is 30.3 Å². The van der Waals surface area contributed by atoms with E-state index in [-0.39, 0.29) is 10.1 Å². The van der Waals surface area contributed by atoms with Gasteiger partial charge in [0.15, 0.2) is 5.17 Å². The van der Waals surface area contributed by atoms with Gasteiger partial charge in [-0.1, -0.05) is 60.4 Å². The largest absolute Gasteiger partial charge is 0.270 e. The van der Waals surface area contributed by atoms with Gasteiger partial charge in [-0.3, -0.25) is 0 Å². The Morgan fingerprint density at radius 1 is 1.04 bits per heavy atom. The highest BCUT2D eigenvalue weighted by molar-refractivity contribution is 8.18. The summed E-state index contributed by atoms with van der Waals surface area (Å²) in [5, 5.41) is 0.267. The van der Waals surface area contributed by atoms with Crippen LogP contribution in [0.1, 0.15) is 6.92 Å². The summed E-state index contributed by atoms with van der Waals surface area (Å²) in [6.07, 6.45) is 0. The van der Waals surface area contributed by atoms with Crippen molar-refractivity contribution in [3.05, 3.63) is 60.7 Å². The highest BCUT2D eigenvalue weighted by Gasteiger charge is 2.40.